The number of aromatic nitrogens is 1. The van der Waals surface area contributed by atoms with Crippen LogP contribution in [0.15, 0.2) is 24.5 Å². The lowest BCUT2D eigenvalue weighted by Gasteiger charge is -2.31. The molecule has 22 heavy (non-hydrogen) atoms. The Morgan fingerprint density at radius 1 is 1.32 bits per heavy atom. The fourth-order valence-corrected chi connectivity index (χ4v) is 3.97. The Bertz CT molecular complexity index is 772. The zero-order chi connectivity index (χ0) is 15.3. The lowest BCUT2D eigenvalue weighted by atomic mass is 10.1. The third-order valence-electron chi connectivity index (χ3n) is 3.84. The Morgan fingerprint density at radius 2 is 2.09 bits per heavy atom. The highest BCUT2D eigenvalue weighted by molar-refractivity contribution is 7.18. The maximum atomic E-state index is 12.3. The van der Waals surface area contributed by atoms with E-state index >= 15 is 0 Å². The molecule has 0 bridgehead atoms. The van der Waals surface area contributed by atoms with Crippen LogP contribution in [0.3, 0.4) is 0 Å². The van der Waals surface area contributed by atoms with E-state index in [0.717, 1.165) is 10.4 Å². The normalized spacial score (nSPS) is 20.0. The molecule has 0 radical (unpaired) electrons. The number of pyridine rings is 1. The Morgan fingerprint density at radius 3 is 2.86 bits per heavy atom. The molecule has 2 aliphatic heterocycles. The summed E-state index contributed by atoms with van der Waals surface area (Å²) in [7, 11) is 0. The number of ether oxygens (including phenoxy) is 1. The summed E-state index contributed by atoms with van der Waals surface area (Å²) in [4.78, 5) is 31.7. The number of hydrogen-bond donors (Lipinski definition) is 1. The molecular weight excluding hydrogens is 302 g/mol. The van der Waals surface area contributed by atoms with E-state index in [1.54, 1.807) is 17.3 Å². The van der Waals surface area contributed by atoms with Crippen LogP contribution >= 0.6 is 11.3 Å². The number of nitrogens with zero attached hydrogens (tertiary/aromatic N) is 2. The van der Waals surface area contributed by atoms with Crippen molar-refractivity contribution >= 4 is 28.8 Å². The fourth-order valence-electron chi connectivity index (χ4n) is 2.81. The van der Waals surface area contributed by atoms with Crippen molar-refractivity contribution in [1.29, 1.82) is 0 Å². The number of carbonyl (C=O) groups excluding carboxylic acids is 2. The zero-order valence-corrected chi connectivity index (χ0v) is 12.6. The predicted molar refractivity (Wildman–Crippen MR) is 82.3 cm³/mol. The molecule has 0 fully saturated rings. The van der Waals surface area contributed by atoms with Crippen molar-refractivity contribution in [3.05, 3.63) is 29.4 Å². The molecule has 0 saturated heterocycles. The van der Waals surface area contributed by atoms with Gasteiger partial charge in [0.2, 0.25) is 0 Å². The summed E-state index contributed by atoms with van der Waals surface area (Å²) in [5.41, 5.74) is 1.54. The van der Waals surface area contributed by atoms with E-state index in [1.165, 1.54) is 11.3 Å². The van der Waals surface area contributed by atoms with Gasteiger partial charge in [0.05, 0.1) is 10.9 Å². The minimum atomic E-state index is -0.158. The molecule has 112 valence electrons. The Balaban J connectivity index is 1.97. The number of hydrogen-bond acceptors (Lipinski definition) is 5. The number of anilines is 1. The van der Waals surface area contributed by atoms with Crippen molar-refractivity contribution in [1.82, 2.24) is 10.3 Å². The third kappa shape index (κ3) is 1.82. The Hall–Kier alpha value is -2.41. The summed E-state index contributed by atoms with van der Waals surface area (Å²) in [5, 5.41) is 2.86. The van der Waals surface area contributed by atoms with Gasteiger partial charge in [-0.2, -0.15) is 0 Å². The second-order valence-electron chi connectivity index (χ2n) is 5.29. The average Bonchev–Trinajstić information content (AvgIpc) is 2.87. The van der Waals surface area contributed by atoms with Crippen LogP contribution in [-0.4, -0.2) is 36.0 Å². The van der Waals surface area contributed by atoms with Gasteiger partial charge in [-0.3, -0.25) is 14.6 Å². The first-order chi connectivity index (χ1) is 10.7. The van der Waals surface area contributed by atoms with E-state index in [-0.39, 0.29) is 24.5 Å². The number of rotatable bonds is 1. The zero-order valence-electron chi connectivity index (χ0n) is 11.8. The maximum Gasteiger partial charge on any atom is 0.265 e. The number of carbonyl (C=O) groups is 2. The highest BCUT2D eigenvalue weighted by atomic mass is 32.1. The van der Waals surface area contributed by atoms with E-state index in [0.29, 0.717) is 22.9 Å². The second-order valence-corrected chi connectivity index (χ2v) is 6.31. The molecule has 2 aromatic heterocycles. The van der Waals surface area contributed by atoms with Gasteiger partial charge in [0, 0.05) is 18.9 Å². The van der Waals surface area contributed by atoms with Crippen molar-refractivity contribution in [2.75, 3.05) is 18.1 Å². The molecule has 2 aromatic rings. The van der Waals surface area contributed by atoms with Crippen LogP contribution in [0.4, 0.5) is 5.69 Å². The van der Waals surface area contributed by atoms with Crippen LogP contribution in [0.5, 0.6) is 5.75 Å². The minimum Gasteiger partial charge on any atom is -0.480 e. The second kappa shape index (κ2) is 4.81. The molecule has 0 unspecified atom stereocenters. The standard InChI is InChI=1S/C15H13N3O3S/c1-8-6-17-15(20)14-11-12(21-7-10(19)18(8)11)13(22-14)9-2-4-16-5-3-9/h2-5,8H,6-7H2,1H3,(H,17,20)/t8-/m0/s1. The van der Waals surface area contributed by atoms with E-state index in [2.05, 4.69) is 10.3 Å². The van der Waals surface area contributed by atoms with Gasteiger partial charge in [0.25, 0.3) is 11.8 Å². The molecule has 0 saturated carbocycles. The maximum absolute atomic E-state index is 12.3. The Kier molecular flexibility index (Phi) is 2.90. The van der Waals surface area contributed by atoms with Crippen molar-refractivity contribution in [2.45, 2.75) is 13.0 Å². The average molecular weight is 315 g/mol. The molecular formula is C15H13N3O3S. The molecule has 7 heteroatoms. The molecule has 1 N–H and O–H groups in total. The van der Waals surface area contributed by atoms with Crippen LogP contribution in [-0.2, 0) is 4.79 Å². The minimum absolute atomic E-state index is 0.000211. The summed E-state index contributed by atoms with van der Waals surface area (Å²) >= 11 is 1.35. The van der Waals surface area contributed by atoms with Gasteiger partial charge in [-0.05, 0) is 24.6 Å². The molecule has 0 aliphatic carbocycles. The van der Waals surface area contributed by atoms with Gasteiger partial charge in [0.1, 0.15) is 10.6 Å². The van der Waals surface area contributed by atoms with Crippen molar-refractivity contribution < 1.29 is 14.3 Å². The van der Waals surface area contributed by atoms with Crippen molar-refractivity contribution in [3.8, 4) is 16.2 Å². The van der Waals surface area contributed by atoms with E-state index in [9.17, 15) is 9.59 Å². The lowest BCUT2D eigenvalue weighted by molar-refractivity contribution is -0.121. The quantitative estimate of drug-likeness (QED) is 0.869. The number of nitrogens with one attached hydrogen (secondary N) is 1. The van der Waals surface area contributed by atoms with Gasteiger partial charge < -0.3 is 15.0 Å². The van der Waals surface area contributed by atoms with Crippen LogP contribution in [0.2, 0.25) is 0 Å². The number of thiophene rings is 1. The summed E-state index contributed by atoms with van der Waals surface area (Å²) < 4.78 is 5.68. The van der Waals surface area contributed by atoms with Crippen LogP contribution in [0, 0.1) is 0 Å². The van der Waals surface area contributed by atoms with Crippen molar-refractivity contribution in [3.63, 3.8) is 0 Å². The van der Waals surface area contributed by atoms with Crippen molar-refractivity contribution in [2.24, 2.45) is 0 Å². The summed E-state index contributed by atoms with van der Waals surface area (Å²) in [6.45, 7) is 2.36. The SMILES string of the molecule is C[C@H]1CNC(=O)c2sc(-c3ccncc3)c3c2N1C(=O)CO3. The Labute approximate surface area is 130 Å². The van der Waals surface area contributed by atoms with Crippen LogP contribution in [0.25, 0.3) is 10.4 Å². The van der Waals surface area contributed by atoms with Gasteiger partial charge in [-0.1, -0.05) is 0 Å². The number of amides is 2. The van der Waals surface area contributed by atoms with Gasteiger partial charge in [0.15, 0.2) is 12.4 Å². The smallest absolute Gasteiger partial charge is 0.265 e. The molecule has 0 aromatic carbocycles. The largest absolute Gasteiger partial charge is 0.480 e. The first-order valence-corrected chi connectivity index (χ1v) is 7.78. The lowest BCUT2D eigenvalue weighted by Crippen LogP contribution is -2.46. The first-order valence-electron chi connectivity index (χ1n) is 6.97. The summed E-state index contributed by atoms with van der Waals surface area (Å²) in [5.74, 6) is 0.348. The predicted octanol–water partition coefficient (Wildman–Crippen LogP) is 1.67. The molecule has 2 aliphatic rings. The van der Waals surface area contributed by atoms with Gasteiger partial charge in [-0.25, -0.2) is 0 Å². The molecule has 2 amide bonds. The molecule has 0 spiro atoms. The van der Waals surface area contributed by atoms with Gasteiger partial charge >= 0.3 is 0 Å². The monoisotopic (exact) mass is 315 g/mol. The van der Waals surface area contributed by atoms with E-state index in [4.69, 9.17) is 4.74 Å². The highest BCUT2D eigenvalue weighted by Gasteiger charge is 2.39. The first kappa shape index (κ1) is 13.3. The topological polar surface area (TPSA) is 71.5 Å². The molecule has 6 nitrogen and oxygen atoms in total. The van der Waals surface area contributed by atoms with Crippen LogP contribution in [0.1, 0.15) is 16.6 Å². The molecule has 4 rings (SSSR count). The van der Waals surface area contributed by atoms with Crippen LogP contribution < -0.4 is 15.0 Å². The summed E-state index contributed by atoms with van der Waals surface area (Å²) in [6, 6.07) is 3.64. The van der Waals surface area contributed by atoms with Gasteiger partial charge in [-0.15, -0.1) is 11.3 Å². The third-order valence-corrected chi connectivity index (χ3v) is 5.05. The van der Waals surface area contributed by atoms with E-state index in [1.807, 2.05) is 19.1 Å². The molecule has 1 atom stereocenters. The fraction of sp³-hybridized carbons (Fsp3) is 0.267. The molecule has 4 heterocycles. The summed E-state index contributed by atoms with van der Waals surface area (Å²) in [6.07, 6.45) is 3.39. The highest BCUT2D eigenvalue weighted by Crippen LogP contribution is 2.50. The van der Waals surface area contributed by atoms with E-state index < -0.39 is 0 Å².